The van der Waals surface area contributed by atoms with Crippen molar-refractivity contribution in [2.45, 2.75) is 54.4 Å². The fourth-order valence-corrected chi connectivity index (χ4v) is 5.48. The molecule has 0 saturated carbocycles. The van der Waals surface area contributed by atoms with Crippen molar-refractivity contribution in [1.29, 1.82) is 0 Å². The van der Waals surface area contributed by atoms with Crippen LogP contribution in [0.25, 0.3) is 11.1 Å². The summed E-state index contributed by atoms with van der Waals surface area (Å²) in [5.74, 6) is -0.674. The Bertz CT molecular complexity index is 1320. The quantitative estimate of drug-likeness (QED) is 0.291. The van der Waals surface area contributed by atoms with E-state index in [4.69, 9.17) is 44.3 Å². The van der Waals surface area contributed by atoms with Gasteiger partial charge in [-0.1, -0.05) is 102 Å². The number of carbonyl (C=O) groups excluding carboxylic acids is 1. The molecule has 10 heteroatoms. The molecule has 0 unspecified atom stereocenters. The van der Waals surface area contributed by atoms with Crippen LogP contribution in [0.2, 0.25) is 0 Å². The summed E-state index contributed by atoms with van der Waals surface area (Å²) in [5.41, 5.74) is 5.65. The zero-order valence-corrected chi connectivity index (χ0v) is 24.7. The lowest BCUT2D eigenvalue weighted by molar-refractivity contribution is -0.252. The Morgan fingerprint density at radius 2 is 1.68 bits per heavy atom. The van der Waals surface area contributed by atoms with Gasteiger partial charge >= 0.3 is 0 Å². The monoisotopic (exact) mass is 618 g/mol. The number of likely N-dealkylation sites (tertiary alicyclic amines) is 1. The van der Waals surface area contributed by atoms with Crippen molar-refractivity contribution in [3.63, 3.8) is 0 Å². The first-order valence-corrected chi connectivity index (χ1v) is 14.8. The van der Waals surface area contributed by atoms with E-state index < -0.39 is 16.0 Å². The maximum atomic E-state index is 11.9. The summed E-state index contributed by atoms with van der Waals surface area (Å²) in [6, 6.07) is 23.7. The van der Waals surface area contributed by atoms with Crippen LogP contribution in [-0.2, 0) is 27.4 Å². The van der Waals surface area contributed by atoms with Gasteiger partial charge in [0.05, 0.1) is 24.9 Å². The van der Waals surface area contributed by atoms with E-state index in [0.717, 1.165) is 52.9 Å². The number of ether oxygens (including phenoxy) is 2. The van der Waals surface area contributed by atoms with E-state index in [-0.39, 0.29) is 31.5 Å². The van der Waals surface area contributed by atoms with Gasteiger partial charge in [0.15, 0.2) is 6.29 Å². The average Bonchev–Trinajstić information content (AvgIpc) is 3.39. The minimum absolute atomic E-state index is 0.00367. The van der Waals surface area contributed by atoms with Crippen LogP contribution in [0.4, 0.5) is 0 Å². The van der Waals surface area contributed by atoms with Gasteiger partial charge < -0.3 is 25.0 Å². The number of aliphatic hydroxyl groups excluding tert-OH is 2. The molecule has 5 rings (SSSR count). The molecule has 4 atom stereocenters. The number of hydrogen-bond donors (Lipinski definition) is 3. The Balaban J connectivity index is 1.31. The van der Waals surface area contributed by atoms with Crippen molar-refractivity contribution >= 4 is 40.7 Å². The Morgan fingerprint density at radius 3 is 2.34 bits per heavy atom. The van der Waals surface area contributed by atoms with E-state index in [1.807, 2.05) is 72.8 Å². The first-order chi connectivity index (χ1) is 19.7. The maximum absolute atomic E-state index is 11.9. The molecule has 3 aromatic carbocycles. The predicted octanol–water partition coefficient (Wildman–Crippen LogP) is 5.44. The van der Waals surface area contributed by atoms with E-state index in [9.17, 15) is 15.0 Å². The number of amides is 1. The van der Waals surface area contributed by atoms with E-state index >= 15 is 0 Å². The van der Waals surface area contributed by atoms with Gasteiger partial charge in [-0.25, -0.2) is 0 Å². The van der Waals surface area contributed by atoms with Crippen LogP contribution in [0.3, 0.4) is 0 Å². The number of benzene rings is 3. The summed E-state index contributed by atoms with van der Waals surface area (Å²) in [4.78, 5) is 14.1. The van der Waals surface area contributed by atoms with Gasteiger partial charge in [-0.05, 0) is 40.3 Å². The summed E-state index contributed by atoms with van der Waals surface area (Å²) in [7, 11) is 0. The molecule has 3 aromatic rings. The number of aliphatic hydroxyl groups is 2. The number of carbonyl (C=O) groups is 1. The zero-order valence-electron chi connectivity index (χ0n) is 22.4. The van der Waals surface area contributed by atoms with Crippen LogP contribution in [0.15, 0.2) is 72.8 Å². The van der Waals surface area contributed by atoms with Crippen molar-refractivity contribution in [1.82, 2.24) is 10.2 Å². The van der Waals surface area contributed by atoms with Crippen LogP contribution >= 0.6 is 34.8 Å². The lowest BCUT2D eigenvalue weighted by Gasteiger charge is -2.37. The van der Waals surface area contributed by atoms with Gasteiger partial charge in [-0.15, -0.1) is 0 Å². The normalized spacial score (nSPS) is 23.4. The highest BCUT2D eigenvalue weighted by atomic mass is 35.6. The first kappa shape index (κ1) is 30.3. The van der Waals surface area contributed by atoms with Crippen LogP contribution in [0.1, 0.15) is 47.5 Å². The van der Waals surface area contributed by atoms with Crippen molar-refractivity contribution in [3.05, 3.63) is 95.1 Å². The minimum Gasteiger partial charge on any atom is -0.392 e. The van der Waals surface area contributed by atoms with Crippen LogP contribution in [0, 0.1) is 0 Å². The predicted molar refractivity (Wildman–Crippen MR) is 160 cm³/mol. The number of nitrogens with zero attached hydrogens (tertiary/aromatic N) is 1. The third kappa shape index (κ3) is 8.00. The van der Waals surface area contributed by atoms with Gasteiger partial charge in [-0.3, -0.25) is 9.69 Å². The molecule has 0 spiro atoms. The molecule has 0 radical (unpaired) electrons. The van der Waals surface area contributed by atoms with E-state index in [1.54, 1.807) is 0 Å². The Morgan fingerprint density at radius 1 is 0.951 bits per heavy atom. The average molecular weight is 620 g/mol. The second-order valence-electron chi connectivity index (χ2n) is 10.6. The summed E-state index contributed by atoms with van der Waals surface area (Å²) < 4.78 is 10.9. The van der Waals surface area contributed by atoms with E-state index in [1.165, 1.54) is 0 Å². The molecule has 1 amide bonds. The second kappa shape index (κ2) is 13.4. The van der Waals surface area contributed by atoms with Crippen molar-refractivity contribution in [3.8, 4) is 11.1 Å². The van der Waals surface area contributed by atoms with Crippen molar-refractivity contribution in [2.75, 3.05) is 19.6 Å². The smallest absolute Gasteiger partial charge is 0.272 e. The molecular weight excluding hydrogens is 587 g/mol. The first-order valence-electron chi connectivity index (χ1n) is 13.6. The molecule has 2 aliphatic heterocycles. The number of halogens is 3. The minimum atomic E-state index is -2.01. The molecule has 0 bridgehead atoms. The molecule has 7 nitrogen and oxygen atoms in total. The highest BCUT2D eigenvalue weighted by molar-refractivity contribution is 6.76. The van der Waals surface area contributed by atoms with Crippen molar-refractivity contribution in [2.24, 2.45) is 0 Å². The lowest BCUT2D eigenvalue weighted by Crippen LogP contribution is -2.38. The molecule has 0 aliphatic carbocycles. The van der Waals surface area contributed by atoms with Crippen LogP contribution in [0.5, 0.6) is 0 Å². The third-order valence-electron chi connectivity index (χ3n) is 7.48. The van der Waals surface area contributed by atoms with Gasteiger partial charge in [0.1, 0.15) is 0 Å². The summed E-state index contributed by atoms with van der Waals surface area (Å²) in [6.45, 7) is 2.46. The van der Waals surface area contributed by atoms with Gasteiger partial charge in [0.25, 0.3) is 9.70 Å². The number of alkyl halides is 3. The molecular formula is C31H33Cl3N2O5. The molecule has 0 aromatic heterocycles. The molecule has 2 heterocycles. The topological polar surface area (TPSA) is 91.3 Å². The third-order valence-corrected chi connectivity index (χ3v) is 7.99. The Labute approximate surface area is 254 Å². The molecule has 2 aliphatic rings. The van der Waals surface area contributed by atoms with Gasteiger partial charge in [-0.2, -0.15) is 0 Å². The number of rotatable bonds is 8. The molecule has 3 N–H and O–H groups in total. The fourth-order valence-electron chi connectivity index (χ4n) is 5.28. The number of hydrogen-bond acceptors (Lipinski definition) is 6. The van der Waals surface area contributed by atoms with E-state index in [0.29, 0.717) is 13.0 Å². The SMILES string of the molecule is O=C(NCc1cccc(-c2ccc([C@@H]3O[C@H](CN4CC[C@H](O)C4)C[C@H](c4ccc(CO)cc4)O3)cc2)c1)C(Cl)(Cl)Cl. The number of nitrogens with one attached hydrogen (secondary N) is 1. The zero-order chi connectivity index (χ0) is 29.0. The fraction of sp³-hybridized carbons (Fsp3) is 0.387. The summed E-state index contributed by atoms with van der Waals surface area (Å²) >= 11 is 16.9. The highest BCUT2D eigenvalue weighted by Crippen LogP contribution is 2.39. The van der Waals surface area contributed by atoms with Gasteiger partial charge in [0, 0.05) is 38.2 Å². The summed E-state index contributed by atoms with van der Waals surface area (Å²) in [6.07, 6.45) is 0.395. The highest BCUT2D eigenvalue weighted by Gasteiger charge is 2.34. The molecule has 218 valence electrons. The molecule has 41 heavy (non-hydrogen) atoms. The Hall–Kier alpha value is -2.20. The number of β-amino-alcohol motifs (C(OH)–C–C–N with tert-alkyl or cyclic N) is 1. The van der Waals surface area contributed by atoms with E-state index in [2.05, 4.69) is 10.2 Å². The molecule has 2 saturated heterocycles. The summed E-state index contributed by atoms with van der Waals surface area (Å²) in [5, 5.41) is 22.1. The lowest BCUT2D eigenvalue weighted by atomic mass is 9.99. The molecule has 2 fully saturated rings. The van der Waals surface area contributed by atoms with Gasteiger partial charge in [0.2, 0.25) is 0 Å². The van der Waals surface area contributed by atoms with Crippen LogP contribution in [-0.4, -0.2) is 56.7 Å². The Kier molecular flexibility index (Phi) is 9.89. The van der Waals surface area contributed by atoms with Crippen molar-refractivity contribution < 1.29 is 24.5 Å². The second-order valence-corrected chi connectivity index (χ2v) is 12.8. The standard InChI is InChI=1S/C31H33Cl3N2O5/c32-31(33,34)30(39)35-16-21-2-1-3-25(14-21)22-8-10-24(11-9-22)29-40-27(18-36-13-12-26(38)17-36)15-28(41-29)23-6-4-20(19-37)5-7-23/h1-11,14,26-29,37-38H,12-13,15-19H2,(H,35,39)/t26-,27-,28+,29+/m0/s1. The largest absolute Gasteiger partial charge is 0.392 e. The maximum Gasteiger partial charge on any atom is 0.272 e. The van der Waals surface area contributed by atoms with Crippen LogP contribution < -0.4 is 5.32 Å².